The molecule has 0 aliphatic carbocycles. The third-order valence-corrected chi connectivity index (χ3v) is 4.60. The Labute approximate surface area is 118 Å². The molecule has 0 aliphatic heterocycles. The van der Waals surface area contributed by atoms with Crippen LogP contribution in [-0.2, 0) is 21.3 Å². The van der Waals surface area contributed by atoms with Crippen molar-refractivity contribution >= 4 is 16.7 Å². The van der Waals surface area contributed by atoms with Gasteiger partial charge >= 0.3 is 0 Å². The number of amides is 1. The van der Waals surface area contributed by atoms with Crippen molar-refractivity contribution in [1.29, 1.82) is 0 Å². The fraction of sp³-hybridized carbons (Fsp3) is 0.533. The molecule has 0 saturated carbocycles. The Kier molecular flexibility index (Phi) is 6.22. The highest BCUT2D eigenvalue weighted by molar-refractivity contribution is 7.84. The van der Waals surface area contributed by atoms with Crippen molar-refractivity contribution in [3.8, 4) is 0 Å². The van der Waals surface area contributed by atoms with Crippen LogP contribution in [-0.4, -0.2) is 22.4 Å². The lowest BCUT2D eigenvalue weighted by Crippen LogP contribution is -2.38. The van der Waals surface area contributed by atoms with Crippen LogP contribution < -0.4 is 5.32 Å². The molecule has 1 amide bonds. The van der Waals surface area contributed by atoms with Crippen LogP contribution in [0.25, 0.3) is 0 Å². The molecule has 19 heavy (non-hydrogen) atoms. The Morgan fingerprint density at radius 3 is 2.47 bits per heavy atom. The van der Waals surface area contributed by atoms with Gasteiger partial charge < -0.3 is 5.32 Å². The van der Waals surface area contributed by atoms with Crippen LogP contribution in [0, 0.1) is 5.41 Å². The first kappa shape index (κ1) is 15.9. The van der Waals surface area contributed by atoms with Gasteiger partial charge in [-0.1, -0.05) is 51.1 Å². The van der Waals surface area contributed by atoms with Crippen molar-refractivity contribution < 1.29 is 9.00 Å². The van der Waals surface area contributed by atoms with Gasteiger partial charge in [-0.2, -0.15) is 0 Å². The zero-order valence-electron chi connectivity index (χ0n) is 11.9. The maximum atomic E-state index is 11.9. The van der Waals surface area contributed by atoms with E-state index in [2.05, 4.69) is 5.32 Å². The number of benzene rings is 1. The van der Waals surface area contributed by atoms with E-state index in [1.165, 1.54) is 0 Å². The lowest BCUT2D eigenvalue weighted by molar-refractivity contribution is -0.129. The molecule has 0 aromatic heterocycles. The molecule has 0 radical (unpaired) electrons. The highest BCUT2D eigenvalue weighted by Gasteiger charge is 2.24. The minimum absolute atomic E-state index is 0.0340. The number of carbonyl (C=O) groups excluding carboxylic acids is 1. The summed E-state index contributed by atoms with van der Waals surface area (Å²) in [7, 11) is -0.931. The van der Waals surface area contributed by atoms with E-state index < -0.39 is 10.8 Å². The first-order valence-corrected chi connectivity index (χ1v) is 8.11. The van der Waals surface area contributed by atoms with Crippen LogP contribution in [0.1, 0.15) is 32.8 Å². The fourth-order valence-corrected chi connectivity index (χ4v) is 2.55. The van der Waals surface area contributed by atoms with Gasteiger partial charge in [0.2, 0.25) is 5.91 Å². The van der Waals surface area contributed by atoms with Gasteiger partial charge in [0.1, 0.15) is 0 Å². The summed E-state index contributed by atoms with van der Waals surface area (Å²) < 4.78 is 11.9. The van der Waals surface area contributed by atoms with Crippen LogP contribution in [0.3, 0.4) is 0 Å². The lowest BCUT2D eigenvalue weighted by Gasteiger charge is -2.21. The Bertz CT molecular complexity index is 429. The van der Waals surface area contributed by atoms with Gasteiger partial charge in [0.05, 0.1) is 0 Å². The van der Waals surface area contributed by atoms with E-state index in [4.69, 9.17) is 0 Å². The Hall–Kier alpha value is -1.16. The molecule has 0 saturated heterocycles. The van der Waals surface area contributed by atoms with Crippen LogP contribution in [0.15, 0.2) is 30.3 Å². The molecule has 1 aromatic carbocycles. The number of nitrogens with one attached hydrogen (secondary N) is 1. The van der Waals surface area contributed by atoms with Crippen molar-refractivity contribution in [3.05, 3.63) is 35.9 Å². The molecule has 1 atom stereocenters. The van der Waals surface area contributed by atoms with Gasteiger partial charge in [0.25, 0.3) is 0 Å². The molecule has 106 valence electrons. The van der Waals surface area contributed by atoms with E-state index in [9.17, 15) is 9.00 Å². The summed E-state index contributed by atoms with van der Waals surface area (Å²) >= 11 is 0. The van der Waals surface area contributed by atoms with Crippen LogP contribution in [0.4, 0.5) is 0 Å². The standard InChI is InChI=1S/C15H23NO2S/c1-4-15(2,3)14(17)16-10-11-19(18)12-13-8-6-5-7-9-13/h5-9H,4,10-12H2,1-3H3,(H,16,17)/t19-/m0/s1. The minimum atomic E-state index is -0.931. The molecule has 0 fully saturated rings. The van der Waals surface area contributed by atoms with Crippen LogP contribution in [0.2, 0.25) is 0 Å². The minimum Gasteiger partial charge on any atom is -0.355 e. The van der Waals surface area contributed by atoms with Crippen molar-refractivity contribution in [2.24, 2.45) is 5.41 Å². The van der Waals surface area contributed by atoms with E-state index in [-0.39, 0.29) is 11.3 Å². The summed E-state index contributed by atoms with van der Waals surface area (Å²) in [5.41, 5.74) is 0.724. The van der Waals surface area contributed by atoms with Gasteiger partial charge in [-0.15, -0.1) is 0 Å². The van der Waals surface area contributed by atoms with Gasteiger partial charge in [0.15, 0.2) is 0 Å². The van der Waals surface area contributed by atoms with Crippen LogP contribution >= 0.6 is 0 Å². The number of hydrogen-bond acceptors (Lipinski definition) is 2. The van der Waals surface area contributed by atoms with Gasteiger partial charge in [0, 0.05) is 34.3 Å². The maximum absolute atomic E-state index is 11.9. The summed E-state index contributed by atoms with van der Waals surface area (Å²) in [4.78, 5) is 11.8. The summed E-state index contributed by atoms with van der Waals surface area (Å²) in [6.07, 6.45) is 0.798. The predicted octanol–water partition coefficient (Wildman–Crippen LogP) is 2.49. The zero-order chi connectivity index (χ0) is 14.3. The first-order valence-electron chi connectivity index (χ1n) is 6.63. The first-order chi connectivity index (χ1) is 8.95. The molecule has 1 aromatic rings. The normalized spacial score (nSPS) is 13.0. The van der Waals surface area contributed by atoms with Gasteiger partial charge in [-0.3, -0.25) is 9.00 Å². The Balaban J connectivity index is 2.30. The van der Waals surface area contributed by atoms with E-state index in [0.717, 1.165) is 12.0 Å². The third kappa shape index (κ3) is 5.55. The van der Waals surface area contributed by atoms with E-state index in [1.54, 1.807) is 0 Å². The number of rotatable bonds is 7. The molecule has 0 aliphatic rings. The van der Waals surface area contributed by atoms with Crippen LogP contribution in [0.5, 0.6) is 0 Å². The predicted molar refractivity (Wildman–Crippen MR) is 80.2 cm³/mol. The average Bonchev–Trinajstić information content (AvgIpc) is 2.39. The molecule has 1 N–H and O–H groups in total. The van der Waals surface area contributed by atoms with Gasteiger partial charge in [-0.05, 0) is 12.0 Å². The molecular formula is C15H23NO2S. The second-order valence-corrected chi connectivity index (χ2v) is 6.84. The smallest absolute Gasteiger partial charge is 0.225 e. The Morgan fingerprint density at radius 1 is 1.26 bits per heavy atom. The topological polar surface area (TPSA) is 46.2 Å². The molecule has 0 heterocycles. The molecule has 3 nitrogen and oxygen atoms in total. The largest absolute Gasteiger partial charge is 0.355 e. The lowest BCUT2D eigenvalue weighted by atomic mass is 9.89. The monoisotopic (exact) mass is 281 g/mol. The van der Waals surface area contributed by atoms with E-state index in [1.807, 2.05) is 51.1 Å². The zero-order valence-corrected chi connectivity index (χ0v) is 12.8. The summed E-state index contributed by atoms with van der Waals surface area (Å²) in [6, 6.07) is 9.77. The molecule has 0 bridgehead atoms. The average molecular weight is 281 g/mol. The van der Waals surface area contributed by atoms with E-state index >= 15 is 0 Å². The SMILES string of the molecule is CCC(C)(C)C(=O)NCC[S@](=O)Cc1ccccc1. The van der Waals surface area contributed by atoms with Gasteiger partial charge in [-0.25, -0.2) is 0 Å². The number of carbonyl (C=O) groups is 1. The fourth-order valence-electron chi connectivity index (χ4n) is 1.51. The summed E-state index contributed by atoms with van der Waals surface area (Å²) in [6.45, 7) is 6.31. The van der Waals surface area contributed by atoms with Crippen molar-refractivity contribution in [2.45, 2.75) is 32.9 Å². The molecular weight excluding hydrogens is 258 g/mol. The molecule has 0 spiro atoms. The third-order valence-electron chi connectivity index (χ3n) is 3.28. The van der Waals surface area contributed by atoms with Crippen molar-refractivity contribution in [3.63, 3.8) is 0 Å². The highest BCUT2D eigenvalue weighted by Crippen LogP contribution is 2.19. The quantitative estimate of drug-likeness (QED) is 0.834. The van der Waals surface area contributed by atoms with Crippen molar-refractivity contribution in [1.82, 2.24) is 5.32 Å². The van der Waals surface area contributed by atoms with E-state index in [0.29, 0.717) is 18.1 Å². The maximum Gasteiger partial charge on any atom is 0.225 e. The molecule has 1 rings (SSSR count). The number of hydrogen-bond donors (Lipinski definition) is 1. The summed E-state index contributed by atoms with van der Waals surface area (Å²) in [5.74, 6) is 1.08. The second-order valence-electron chi connectivity index (χ2n) is 5.27. The molecule has 0 unspecified atom stereocenters. The summed E-state index contributed by atoms with van der Waals surface area (Å²) in [5, 5.41) is 2.86. The Morgan fingerprint density at radius 2 is 1.89 bits per heavy atom. The molecule has 4 heteroatoms. The highest BCUT2D eigenvalue weighted by atomic mass is 32.2. The second kappa shape index (κ2) is 7.43. The van der Waals surface area contributed by atoms with Crippen molar-refractivity contribution in [2.75, 3.05) is 12.3 Å².